The van der Waals surface area contributed by atoms with Crippen LogP contribution in [0.5, 0.6) is 0 Å². The van der Waals surface area contributed by atoms with E-state index in [9.17, 15) is 0 Å². The molecule has 3 aliphatic carbocycles. The maximum atomic E-state index is 8.92. The lowest BCUT2D eigenvalue weighted by molar-refractivity contribution is 1.50. The number of rotatable bonds is 0. The summed E-state index contributed by atoms with van der Waals surface area (Å²) in [6, 6.07) is 15.1. The number of fused-ring (bicyclic) bond motifs is 4. The summed E-state index contributed by atoms with van der Waals surface area (Å²) in [5.74, 6) is 0. The minimum Gasteiger partial charge on any atom is -0.398 e. The van der Waals surface area contributed by atoms with Gasteiger partial charge in [-0.2, -0.15) is 5.26 Å². The Balaban J connectivity index is 2.42. The van der Waals surface area contributed by atoms with Gasteiger partial charge in [-0.05, 0) is 35.4 Å². The average molecular weight is 233 g/mol. The molecule has 0 bridgehead atoms. The largest absolute Gasteiger partial charge is 0.398 e. The number of nitrogens with two attached hydrogens (primary N) is 2. The Kier molecular flexibility index (Phi) is 2.11. The summed E-state index contributed by atoms with van der Waals surface area (Å²) in [7, 11) is 0. The van der Waals surface area contributed by atoms with Gasteiger partial charge in [-0.15, -0.1) is 0 Å². The molecule has 0 spiro atoms. The fraction of sp³-hybridized carbons (Fsp3) is 0. The number of hydrogen-bond acceptors (Lipinski definition) is 3. The van der Waals surface area contributed by atoms with E-state index in [-0.39, 0.29) is 0 Å². The second-order valence-corrected chi connectivity index (χ2v) is 4.25. The van der Waals surface area contributed by atoms with Crippen LogP contribution >= 0.6 is 0 Å². The summed E-state index contributed by atoms with van der Waals surface area (Å²) < 4.78 is 0. The Hall–Kier alpha value is -2.73. The van der Waals surface area contributed by atoms with Crippen LogP contribution in [-0.2, 0) is 0 Å². The van der Waals surface area contributed by atoms with E-state index in [0.29, 0.717) is 16.9 Å². The van der Waals surface area contributed by atoms with E-state index in [1.807, 2.05) is 30.3 Å². The van der Waals surface area contributed by atoms with Crippen molar-refractivity contribution in [3.8, 4) is 28.3 Å². The van der Waals surface area contributed by atoms with E-state index in [4.69, 9.17) is 16.7 Å². The summed E-state index contributed by atoms with van der Waals surface area (Å²) in [5.41, 5.74) is 18.1. The molecule has 4 N–H and O–H groups in total. The van der Waals surface area contributed by atoms with Gasteiger partial charge in [-0.1, -0.05) is 18.2 Å². The molecule has 3 heteroatoms. The molecule has 0 aliphatic heterocycles. The molecule has 3 nitrogen and oxygen atoms in total. The molecule has 0 aromatic heterocycles. The smallest absolute Gasteiger partial charge is 0.0991 e. The molecule has 0 atom stereocenters. The van der Waals surface area contributed by atoms with E-state index >= 15 is 0 Å². The number of nitriles is 1. The van der Waals surface area contributed by atoms with Crippen LogP contribution in [0.15, 0.2) is 42.5 Å². The van der Waals surface area contributed by atoms with Gasteiger partial charge in [0, 0.05) is 22.5 Å². The number of anilines is 2. The molecule has 0 aromatic carbocycles. The van der Waals surface area contributed by atoms with Crippen molar-refractivity contribution in [1.82, 2.24) is 0 Å². The molecule has 86 valence electrons. The van der Waals surface area contributed by atoms with Gasteiger partial charge in [0.15, 0.2) is 0 Å². The van der Waals surface area contributed by atoms with Gasteiger partial charge in [0.25, 0.3) is 0 Å². The number of nitrogen functional groups attached to an aromatic ring is 2. The maximum Gasteiger partial charge on any atom is 0.0991 e. The monoisotopic (exact) mass is 233 g/mol. The molecule has 3 aliphatic rings. The van der Waals surface area contributed by atoms with Crippen molar-refractivity contribution < 1.29 is 0 Å². The van der Waals surface area contributed by atoms with Gasteiger partial charge in [0.05, 0.1) is 11.6 Å². The van der Waals surface area contributed by atoms with Crippen LogP contribution in [0.2, 0.25) is 0 Å². The first kappa shape index (κ1) is 10.4. The van der Waals surface area contributed by atoms with Crippen molar-refractivity contribution in [3.05, 3.63) is 48.0 Å². The van der Waals surface area contributed by atoms with Crippen molar-refractivity contribution in [2.45, 2.75) is 0 Å². The van der Waals surface area contributed by atoms with Crippen LogP contribution in [-0.4, -0.2) is 0 Å². The second-order valence-electron chi connectivity index (χ2n) is 4.25. The Labute approximate surface area is 105 Å². The molecule has 0 radical (unpaired) electrons. The van der Waals surface area contributed by atoms with Crippen LogP contribution in [0.4, 0.5) is 11.4 Å². The normalized spacial score (nSPS) is 10.6. The SMILES string of the molecule is N#Cc1ccc2c3c(N)cccc(N)c-3c-2cc1. The van der Waals surface area contributed by atoms with E-state index in [0.717, 1.165) is 22.3 Å². The summed E-state index contributed by atoms with van der Waals surface area (Å²) in [6.07, 6.45) is 0. The van der Waals surface area contributed by atoms with Crippen LogP contribution in [0.3, 0.4) is 0 Å². The molecule has 0 unspecified atom stereocenters. The van der Waals surface area contributed by atoms with Crippen molar-refractivity contribution in [2.75, 3.05) is 11.5 Å². The molecule has 0 saturated heterocycles. The highest BCUT2D eigenvalue weighted by molar-refractivity contribution is 6.10. The van der Waals surface area contributed by atoms with Crippen molar-refractivity contribution in [2.24, 2.45) is 0 Å². The molecular formula is C15H11N3. The quantitative estimate of drug-likeness (QED) is 0.626. The average Bonchev–Trinajstić information content (AvgIpc) is 2.56. The first-order chi connectivity index (χ1) is 8.72. The highest BCUT2D eigenvalue weighted by atomic mass is 14.6. The van der Waals surface area contributed by atoms with E-state index in [1.165, 1.54) is 0 Å². The van der Waals surface area contributed by atoms with Gasteiger partial charge in [-0.25, -0.2) is 0 Å². The Bertz CT molecular complexity index is 672. The lowest BCUT2D eigenvalue weighted by Crippen LogP contribution is -2.02. The minimum absolute atomic E-state index is 0.622. The van der Waals surface area contributed by atoms with Gasteiger partial charge >= 0.3 is 0 Å². The fourth-order valence-corrected chi connectivity index (χ4v) is 2.32. The zero-order valence-electron chi connectivity index (χ0n) is 9.64. The predicted molar refractivity (Wildman–Crippen MR) is 73.2 cm³/mol. The lowest BCUT2D eigenvalue weighted by atomic mass is 9.82. The lowest BCUT2D eigenvalue weighted by Gasteiger charge is -2.23. The highest BCUT2D eigenvalue weighted by Gasteiger charge is 2.25. The van der Waals surface area contributed by atoms with Crippen LogP contribution in [0.25, 0.3) is 22.3 Å². The molecule has 0 aromatic rings. The molecule has 0 fully saturated rings. The second kappa shape index (κ2) is 3.64. The minimum atomic E-state index is 0.622. The third kappa shape index (κ3) is 1.30. The van der Waals surface area contributed by atoms with Gasteiger partial charge in [-0.3, -0.25) is 0 Å². The molecule has 18 heavy (non-hydrogen) atoms. The molecular weight excluding hydrogens is 222 g/mol. The maximum absolute atomic E-state index is 8.92. The number of nitrogens with zero attached hydrogens (tertiary/aromatic N) is 1. The fourth-order valence-electron chi connectivity index (χ4n) is 2.32. The van der Waals surface area contributed by atoms with Crippen molar-refractivity contribution >= 4 is 11.4 Å². The van der Waals surface area contributed by atoms with E-state index < -0.39 is 0 Å². The molecule has 0 saturated carbocycles. The first-order valence-electron chi connectivity index (χ1n) is 5.62. The molecule has 0 amide bonds. The molecule has 0 heterocycles. The van der Waals surface area contributed by atoms with Gasteiger partial charge in [0.2, 0.25) is 0 Å². The third-order valence-corrected chi connectivity index (χ3v) is 3.20. The third-order valence-electron chi connectivity index (χ3n) is 3.20. The topological polar surface area (TPSA) is 75.8 Å². The highest BCUT2D eigenvalue weighted by Crippen LogP contribution is 2.51. The van der Waals surface area contributed by atoms with Crippen LogP contribution in [0, 0.1) is 11.3 Å². The summed E-state index contributed by atoms with van der Waals surface area (Å²) >= 11 is 0. The number of hydrogen-bond donors (Lipinski definition) is 2. The standard InChI is InChI=1S/C15H11N3/c16-8-9-4-6-10-11(7-5-9)15-13(18)3-1-2-12(17)14(10)15/h1-7H,17-18H2. The summed E-state index contributed by atoms with van der Waals surface area (Å²) in [4.78, 5) is 0. The summed E-state index contributed by atoms with van der Waals surface area (Å²) in [6.45, 7) is 0. The zero-order chi connectivity index (χ0) is 12.7. The van der Waals surface area contributed by atoms with Crippen LogP contribution < -0.4 is 11.5 Å². The van der Waals surface area contributed by atoms with Gasteiger partial charge < -0.3 is 11.5 Å². The van der Waals surface area contributed by atoms with E-state index in [2.05, 4.69) is 6.07 Å². The predicted octanol–water partition coefficient (Wildman–Crippen LogP) is 2.93. The van der Waals surface area contributed by atoms with Crippen molar-refractivity contribution in [3.63, 3.8) is 0 Å². The Morgan fingerprint density at radius 2 is 1.28 bits per heavy atom. The van der Waals surface area contributed by atoms with Crippen molar-refractivity contribution in [1.29, 1.82) is 5.26 Å². The zero-order valence-corrected chi connectivity index (χ0v) is 9.64. The molecule has 3 rings (SSSR count). The van der Waals surface area contributed by atoms with Gasteiger partial charge in [0.1, 0.15) is 0 Å². The van der Waals surface area contributed by atoms with E-state index in [1.54, 1.807) is 12.1 Å². The first-order valence-corrected chi connectivity index (χ1v) is 5.62. The Morgan fingerprint density at radius 1 is 0.778 bits per heavy atom. The Morgan fingerprint density at radius 3 is 1.72 bits per heavy atom. The van der Waals surface area contributed by atoms with Crippen LogP contribution in [0.1, 0.15) is 5.56 Å². The summed E-state index contributed by atoms with van der Waals surface area (Å²) in [5, 5.41) is 8.92.